The van der Waals surface area contributed by atoms with E-state index in [1.807, 2.05) is 47.2 Å². The van der Waals surface area contributed by atoms with Gasteiger partial charge in [-0.1, -0.05) is 42.5 Å². The molecule has 0 aliphatic carbocycles. The Morgan fingerprint density at radius 3 is 2.73 bits per heavy atom. The third-order valence-electron chi connectivity index (χ3n) is 3.83. The van der Waals surface area contributed by atoms with Crippen LogP contribution in [-0.2, 0) is 16.1 Å². The number of hydrogen-bond donors (Lipinski definition) is 1. The van der Waals surface area contributed by atoms with Gasteiger partial charge in [-0.25, -0.2) is 9.78 Å². The quantitative estimate of drug-likeness (QED) is 0.544. The van der Waals surface area contributed by atoms with Gasteiger partial charge in [0.2, 0.25) is 0 Å². The average molecular weight is 348 g/mol. The Bertz CT molecular complexity index is 914. The molecule has 0 saturated carbocycles. The van der Waals surface area contributed by atoms with Crippen LogP contribution in [0.3, 0.4) is 0 Å². The molecule has 3 rings (SSSR count). The molecule has 3 aromatic rings. The van der Waals surface area contributed by atoms with Gasteiger partial charge >= 0.3 is 5.97 Å². The normalized spacial score (nSPS) is 11.3. The van der Waals surface area contributed by atoms with Gasteiger partial charge in [-0.15, -0.1) is 0 Å². The molecule has 0 aliphatic rings. The number of rotatable bonds is 6. The van der Waals surface area contributed by atoms with Crippen molar-refractivity contribution in [3.8, 4) is 5.75 Å². The third-order valence-corrected chi connectivity index (χ3v) is 3.83. The van der Waals surface area contributed by atoms with Gasteiger partial charge in [-0.2, -0.15) is 0 Å². The molecule has 0 atom stereocenters. The summed E-state index contributed by atoms with van der Waals surface area (Å²) >= 11 is 0. The number of esters is 1. The van der Waals surface area contributed by atoms with Crippen LogP contribution in [0, 0.1) is 0 Å². The molecule has 0 saturated heterocycles. The van der Waals surface area contributed by atoms with Crippen molar-refractivity contribution in [3.63, 3.8) is 0 Å². The number of imidazole rings is 1. The predicted molar refractivity (Wildman–Crippen MR) is 100 cm³/mol. The number of nitrogens with zero attached hydrogens (tertiary/aromatic N) is 2. The van der Waals surface area contributed by atoms with Crippen LogP contribution in [0.25, 0.3) is 11.6 Å². The summed E-state index contributed by atoms with van der Waals surface area (Å²) in [6, 6.07) is 16.6. The lowest BCUT2D eigenvalue weighted by atomic mass is 10.1. The molecule has 5 heteroatoms. The first kappa shape index (κ1) is 17.5. The fourth-order valence-corrected chi connectivity index (χ4v) is 2.67. The minimum Gasteiger partial charge on any atom is -0.508 e. The Labute approximate surface area is 152 Å². The number of aromatic nitrogens is 2. The van der Waals surface area contributed by atoms with Gasteiger partial charge in [0.15, 0.2) is 0 Å². The number of carbonyl (C=O) groups is 1. The highest BCUT2D eigenvalue weighted by molar-refractivity contribution is 6.20. The van der Waals surface area contributed by atoms with Crippen LogP contribution in [-0.4, -0.2) is 27.2 Å². The van der Waals surface area contributed by atoms with Crippen LogP contribution in [0.2, 0.25) is 0 Å². The number of phenolic OH excluding ortho intramolecular Hbond substituents is 1. The smallest absolute Gasteiger partial charge is 0.341 e. The second-order valence-electron chi connectivity index (χ2n) is 5.74. The van der Waals surface area contributed by atoms with Gasteiger partial charge in [-0.05, 0) is 36.3 Å². The number of carbonyl (C=O) groups excluding carboxylic acids is 1. The Balaban J connectivity index is 2.00. The van der Waals surface area contributed by atoms with Crippen molar-refractivity contribution >= 4 is 17.6 Å². The molecule has 1 aromatic heterocycles. The standard InChI is InChI=1S/C21H20N2O3/c1-2-26-21(25)19(14-17-9-6-10-18(24)13-17)20-22-11-12-23(20)15-16-7-4-3-5-8-16/h3-14,24H,2,15H2,1H3/b19-14+. The van der Waals surface area contributed by atoms with Gasteiger partial charge in [0.05, 0.1) is 6.61 Å². The lowest BCUT2D eigenvalue weighted by Crippen LogP contribution is -2.12. The highest BCUT2D eigenvalue weighted by atomic mass is 16.5. The molecule has 0 fully saturated rings. The van der Waals surface area contributed by atoms with Crippen molar-refractivity contribution in [2.24, 2.45) is 0 Å². The summed E-state index contributed by atoms with van der Waals surface area (Å²) < 4.78 is 7.12. The first-order chi connectivity index (χ1) is 12.7. The first-order valence-corrected chi connectivity index (χ1v) is 8.40. The minimum absolute atomic E-state index is 0.134. The SMILES string of the molecule is CCOC(=O)/C(=C/c1cccc(O)c1)c1nccn1Cc1ccccc1. The molecule has 26 heavy (non-hydrogen) atoms. The van der Waals surface area contributed by atoms with Gasteiger partial charge < -0.3 is 14.4 Å². The molecule has 5 nitrogen and oxygen atoms in total. The van der Waals surface area contributed by atoms with E-state index in [9.17, 15) is 9.90 Å². The van der Waals surface area contributed by atoms with Gasteiger partial charge in [0.1, 0.15) is 17.1 Å². The van der Waals surface area contributed by atoms with E-state index in [4.69, 9.17) is 4.74 Å². The monoisotopic (exact) mass is 348 g/mol. The van der Waals surface area contributed by atoms with Crippen LogP contribution in [0.1, 0.15) is 23.9 Å². The maximum atomic E-state index is 12.5. The molecule has 0 aliphatic heterocycles. The van der Waals surface area contributed by atoms with Crippen LogP contribution >= 0.6 is 0 Å². The third kappa shape index (κ3) is 4.19. The molecule has 1 heterocycles. The van der Waals surface area contributed by atoms with Crippen molar-refractivity contribution in [2.75, 3.05) is 6.61 Å². The Morgan fingerprint density at radius 2 is 2.00 bits per heavy atom. The number of ether oxygens (including phenoxy) is 1. The Kier molecular flexibility index (Phi) is 5.49. The second-order valence-corrected chi connectivity index (χ2v) is 5.74. The second kappa shape index (κ2) is 8.16. The molecule has 0 unspecified atom stereocenters. The molecular weight excluding hydrogens is 328 g/mol. The largest absolute Gasteiger partial charge is 0.508 e. The molecule has 2 aromatic carbocycles. The lowest BCUT2D eigenvalue weighted by molar-refractivity contribution is -0.136. The van der Waals surface area contributed by atoms with Gasteiger partial charge in [0.25, 0.3) is 0 Å². The zero-order chi connectivity index (χ0) is 18.4. The van der Waals surface area contributed by atoms with Gasteiger partial charge in [0, 0.05) is 18.9 Å². The Hall–Kier alpha value is -3.34. The number of aromatic hydroxyl groups is 1. The van der Waals surface area contributed by atoms with Crippen molar-refractivity contribution < 1.29 is 14.6 Å². The van der Waals surface area contributed by atoms with Crippen LogP contribution in [0.5, 0.6) is 5.75 Å². The van der Waals surface area contributed by atoms with Gasteiger partial charge in [-0.3, -0.25) is 0 Å². The molecule has 1 N–H and O–H groups in total. The zero-order valence-electron chi connectivity index (χ0n) is 14.5. The summed E-state index contributed by atoms with van der Waals surface area (Å²) in [4.78, 5) is 16.9. The van der Waals surface area contributed by atoms with Crippen molar-refractivity contribution in [2.45, 2.75) is 13.5 Å². The van der Waals surface area contributed by atoms with Crippen molar-refractivity contribution in [1.82, 2.24) is 9.55 Å². The van der Waals surface area contributed by atoms with E-state index < -0.39 is 5.97 Å². The summed E-state index contributed by atoms with van der Waals surface area (Å²) in [7, 11) is 0. The van der Waals surface area contributed by atoms with Crippen LogP contribution in [0.15, 0.2) is 67.0 Å². The van der Waals surface area contributed by atoms with E-state index in [1.165, 1.54) is 0 Å². The van der Waals surface area contributed by atoms with E-state index in [0.717, 1.165) is 5.56 Å². The fraction of sp³-hybridized carbons (Fsp3) is 0.143. The number of hydrogen-bond acceptors (Lipinski definition) is 4. The van der Waals surface area contributed by atoms with E-state index in [0.29, 0.717) is 23.5 Å². The molecule has 0 radical (unpaired) electrons. The summed E-state index contributed by atoms with van der Waals surface area (Å²) in [5.41, 5.74) is 2.15. The summed E-state index contributed by atoms with van der Waals surface area (Å²) in [5, 5.41) is 9.68. The summed E-state index contributed by atoms with van der Waals surface area (Å²) in [5.74, 6) is 0.210. The molecular formula is C21H20N2O3. The highest BCUT2D eigenvalue weighted by Crippen LogP contribution is 2.22. The van der Waals surface area contributed by atoms with Crippen LogP contribution < -0.4 is 0 Å². The molecule has 0 amide bonds. The summed E-state index contributed by atoms with van der Waals surface area (Å²) in [6.07, 6.45) is 5.17. The van der Waals surface area contributed by atoms with E-state index in [-0.39, 0.29) is 12.4 Å². The topological polar surface area (TPSA) is 64.3 Å². The fourth-order valence-electron chi connectivity index (χ4n) is 2.67. The van der Waals surface area contributed by atoms with E-state index in [2.05, 4.69) is 4.98 Å². The lowest BCUT2D eigenvalue weighted by Gasteiger charge is -2.11. The van der Waals surface area contributed by atoms with E-state index >= 15 is 0 Å². The predicted octanol–water partition coefficient (Wildman–Crippen LogP) is 3.74. The van der Waals surface area contributed by atoms with Crippen LogP contribution in [0.4, 0.5) is 0 Å². The van der Waals surface area contributed by atoms with Crippen molar-refractivity contribution in [1.29, 1.82) is 0 Å². The number of benzene rings is 2. The molecule has 132 valence electrons. The average Bonchev–Trinajstić information content (AvgIpc) is 3.08. The molecule has 0 bridgehead atoms. The minimum atomic E-state index is -0.448. The van der Waals surface area contributed by atoms with E-state index in [1.54, 1.807) is 37.4 Å². The highest BCUT2D eigenvalue weighted by Gasteiger charge is 2.19. The molecule has 0 spiro atoms. The first-order valence-electron chi connectivity index (χ1n) is 8.40. The van der Waals surface area contributed by atoms with Crippen molar-refractivity contribution in [3.05, 3.63) is 83.9 Å². The number of phenols is 1. The maximum absolute atomic E-state index is 12.5. The summed E-state index contributed by atoms with van der Waals surface area (Å²) in [6.45, 7) is 2.63. The maximum Gasteiger partial charge on any atom is 0.341 e. The zero-order valence-corrected chi connectivity index (χ0v) is 14.5. The Morgan fingerprint density at radius 1 is 1.19 bits per heavy atom.